The number of thioether (sulfide) groups is 1. The molecule has 0 aliphatic carbocycles. The molecule has 0 unspecified atom stereocenters. The summed E-state index contributed by atoms with van der Waals surface area (Å²) in [6.07, 6.45) is 3.38. The minimum absolute atomic E-state index is 0.0626. The molecule has 1 aromatic carbocycles. The fraction of sp³-hybridized carbons (Fsp3) is 0.174. The SMILES string of the molecule is CC(=O)c1c(C)[nH]c(C(=O)CSc2nnc(-c3ccncc3)n2-c2ccc(Cl)cc2)c1C. The first kappa shape index (κ1) is 22.0. The minimum Gasteiger partial charge on any atom is -0.355 e. The van der Waals surface area contributed by atoms with Gasteiger partial charge in [0.1, 0.15) is 0 Å². The van der Waals surface area contributed by atoms with Gasteiger partial charge >= 0.3 is 0 Å². The number of H-pyrrole nitrogens is 1. The van der Waals surface area contributed by atoms with E-state index in [1.165, 1.54) is 18.7 Å². The van der Waals surface area contributed by atoms with Crippen molar-refractivity contribution in [3.63, 3.8) is 0 Å². The van der Waals surface area contributed by atoms with Crippen molar-refractivity contribution in [1.29, 1.82) is 0 Å². The molecule has 0 aliphatic rings. The molecule has 0 spiro atoms. The lowest BCUT2D eigenvalue weighted by atomic mass is 10.1. The zero-order valence-electron chi connectivity index (χ0n) is 17.7. The number of carbonyl (C=O) groups is 2. The Morgan fingerprint density at radius 3 is 2.38 bits per heavy atom. The number of aromatic nitrogens is 5. The third-order valence-corrected chi connectivity index (χ3v) is 6.24. The van der Waals surface area contributed by atoms with Crippen LogP contribution in [0.25, 0.3) is 17.1 Å². The van der Waals surface area contributed by atoms with E-state index in [1.54, 1.807) is 38.4 Å². The molecule has 32 heavy (non-hydrogen) atoms. The largest absolute Gasteiger partial charge is 0.355 e. The van der Waals surface area contributed by atoms with Gasteiger partial charge in [0.05, 0.1) is 11.4 Å². The molecule has 0 saturated carbocycles. The first-order valence-electron chi connectivity index (χ1n) is 9.84. The van der Waals surface area contributed by atoms with Gasteiger partial charge in [0.2, 0.25) is 0 Å². The monoisotopic (exact) mass is 465 g/mol. The number of rotatable bonds is 7. The van der Waals surface area contributed by atoms with Crippen molar-refractivity contribution in [2.24, 2.45) is 0 Å². The van der Waals surface area contributed by atoms with Crippen molar-refractivity contribution >= 4 is 34.9 Å². The Morgan fingerprint density at radius 2 is 1.75 bits per heavy atom. The Hall–Kier alpha value is -3.23. The maximum atomic E-state index is 12.9. The predicted molar refractivity (Wildman–Crippen MR) is 125 cm³/mol. The third kappa shape index (κ3) is 4.24. The number of hydrogen-bond donors (Lipinski definition) is 1. The van der Waals surface area contributed by atoms with E-state index < -0.39 is 0 Å². The van der Waals surface area contributed by atoms with Crippen LogP contribution in [0, 0.1) is 13.8 Å². The molecule has 0 saturated heterocycles. The number of hydrogen-bond acceptors (Lipinski definition) is 6. The third-order valence-electron chi connectivity index (χ3n) is 5.06. The van der Waals surface area contributed by atoms with Crippen LogP contribution in [0.2, 0.25) is 5.02 Å². The molecule has 9 heteroatoms. The summed E-state index contributed by atoms with van der Waals surface area (Å²) in [5.74, 6) is 0.599. The number of nitrogens with one attached hydrogen (secondary N) is 1. The molecule has 0 amide bonds. The number of aromatic amines is 1. The van der Waals surface area contributed by atoms with Gasteiger partial charge in [-0.05, 0) is 62.7 Å². The van der Waals surface area contributed by atoms with Crippen LogP contribution in [-0.2, 0) is 0 Å². The fourth-order valence-corrected chi connectivity index (χ4v) is 4.58. The lowest BCUT2D eigenvalue weighted by Crippen LogP contribution is -2.07. The molecule has 4 rings (SSSR count). The summed E-state index contributed by atoms with van der Waals surface area (Å²) in [4.78, 5) is 32.0. The Morgan fingerprint density at radius 1 is 1.06 bits per heavy atom. The second kappa shape index (κ2) is 9.10. The van der Waals surface area contributed by atoms with Crippen LogP contribution in [0.5, 0.6) is 0 Å². The first-order valence-corrected chi connectivity index (χ1v) is 11.2. The molecule has 3 heterocycles. The molecule has 0 fully saturated rings. The lowest BCUT2D eigenvalue weighted by Gasteiger charge is -2.10. The first-order chi connectivity index (χ1) is 15.4. The highest BCUT2D eigenvalue weighted by Gasteiger charge is 2.22. The van der Waals surface area contributed by atoms with E-state index in [9.17, 15) is 9.59 Å². The van der Waals surface area contributed by atoms with E-state index in [2.05, 4.69) is 20.2 Å². The number of Topliss-reactive ketones (excluding diaryl/α,β-unsaturated/α-hetero) is 2. The normalized spacial score (nSPS) is 11.0. The summed E-state index contributed by atoms with van der Waals surface area (Å²) < 4.78 is 1.89. The number of ketones is 2. The van der Waals surface area contributed by atoms with Crippen molar-refractivity contribution in [2.75, 3.05) is 5.75 Å². The summed E-state index contributed by atoms with van der Waals surface area (Å²) in [5, 5.41) is 9.89. The summed E-state index contributed by atoms with van der Waals surface area (Å²) in [7, 11) is 0. The maximum absolute atomic E-state index is 12.9. The molecule has 0 aliphatic heterocycles. The minimum atomic E-state index is -0.112. The van der Waals surface area contributed by atoms with Gasteiger partial charge in [-0.2, -0.15) is 0 Å². The second-order valence-electron chi connectivity index (χ2n) is 7.25. The van der Waals surface area contributed by atoms with Gasteiger partial charge in [0.25, 0.3) is 0 Å². The molecule has 0 radical (unpaired) electrons. The topological polar surface area (TPSA) is 93.5 Å². The molecule has 162 valence electrons. The lowest BCUT2D eigenvalue weighted by molar-refractivity contribution is 0.101. The van der Waals surface area contributed by atoms with E-state index in [-0.39, 0.29) is 17.3 Å². The van der Waals surface area contributed by atoms with Crippen molar-refractivity contribution in [3.05, 3.63) is 76.3 Å². The van der Waals surface area contributed by atoms with Crippen molar-refractivity contribution in [1.82, 2.24) is 24.7 Å². The van der Waals surface area contributed by atoms with E-state index in [0.717, 1.165) is 11.3 Å². The van der Waals surface area contributed by atoms with E-state index in [1.807, 2.05) is 28.8 Å². The maximum Gasteiger partial charge on any atom is 0.196 e. The van der Waals surface area contributed by atoms with Crippen LogP contribution in [0.15, 0.2) is 53.9 Å². The predicted octanol–water partition coefficient (Wildman–Crippen LogP) is 5.11. The highest BCUT2D eigenvalue weighted by atomic mass is 35.5. The van der Waals surface area contributed by atoms with E-state index in [4.69, 9.17) is 11.6 Å². The summed E-state index contributed by atoms with van der Waals surface area (Å²) in [6.45, 7) is 5.09. The summed E-state index contributed by atoms with van der Waals surface area (Å²) in [5.41, 5.74) is 4.08. The zero-order valence-corrected chi connectivity index (χ0v) is 19.3. The Bertz CT molecular complexity index is 1300. The molecule has 1 N–H and O–H groups in total. The van der Waals surface area contributed by atoms with Gasteiger partial charge in [-0.3, -0.25) is 19.1 Å². The van der Waals surface area contributed by atoms with Crippen LogP contribution in [0.1, 0.15) is 39.0 Å². The zero-order chi connectivity index (χ0) is 22.8. The Labute approximate surface area is 194 Å². The average Bonchev–Trinajstić information content (AvgIpc) is 3.33. The quantitative estimate of drug-likeness (QED) is 0.301. The van der Waals surface area contributed by atoms with Crippen LogP contribution in [0.3, 0.4) is 0 Å². The number of pyridine rings is 1. The highest BCUT2D eigenvalue weighted by molar-refractivity contribution is 7.99. The molecule has 4 aromatic rings. The Kier molecular flexibility index (Phi) is 6.25. The number of nitrogens with zero attached hydrogens (tertiary/aromatic N) is 4. The van der Waals surface area contributed by atoms with Crippen LogP contribution in [0.4, 0.5) is 0 Å². The summed E-state index contributed by atoms with van der Waals surface area (Å²) >= 11 is 7.35. The van der Waals surface area contributed by atoms with Gasteiger partial charge in [0.15, 0.2) is 22.5 Å². The number of aryl methyl sites for hydroxylation is 1. The highest BCUT2D eigenvalue weighted by Crippen LogP contribution is 2.29. The standard InChI is InChI=1S/C23H20ClN5O2S/c1-13-20(15(3)30)14(2)26-21(13)19(31)12-32-23-28-27-22(16-8-10-25-11-9-16)29(23)18-6-4-17(24)5-7-18/h4-11,26H,12H2,1-3H3. The van der Waals surface area contributed by atoms with Gasteiger partial charge in [-0.1, -0.05) is 23.4 Å². The van der Waals surface area contributed by atoms with E-state index >= 15 is 0 Å². The van der Waals surface area contributed by atoms with Crippen molar-refractivity contribution < 1.29 is 9.59 Å². The number of carbonyl (C=O) groups excluding carboxylic acids is 2. The van der Waals surface area contributed by atoms with Crippen molar-refractivity contribution in [2.45, 2.75) is 25.9 Å². The van der Waals surface area contributed by atoms with Gasteiger partial charge in [-0.15, -0.1) is 10.2 Å². The van der Waals surface area contributed by atoms with Crippen LogP contribution < -0.4 is 0 Å². The number of benzene rings is 1. The van der Waals surface area contributed by atoms with Crippen molar-refractivity contribution in [3.8, 4) is 17.1 Å². The molecule has 7 nitrogen and oxygen atoms in total. The smallest absolute Gasteiger partial charge is 0.196 e. The molecular formula is C23H20ClN5O2S. The van der Waals surface area contributed by atoms with E-state index in [0.29, 0.717) is 38.5 Å². The second-order valence-corrected chi connectivity index (χ2v) is 8.63. The molecule has 3 aromatic heterocycles. The van der Waals surface area contributed by atoms with Gasteiger partial charge in [0, 0.05) is 39.9 Å². The summed E-state index contributed by atoms with van der Waals surface area (Å²) in [6, 6.07) is 11.0. The molecule has 0 atom stereocenters. The molecular weight excluding hydrogens is 446 g/mol. The van der Waals surface area contributed by atoms with Crippen LogP contribution >= 0.6 is 23.4 Å². The van der Waals surface area contributed by atoms with Crippen LogP contribution in [-0.4, -0.2) is 42.1 Å². The van der Waals surface area contributed by atoms with Gasteiger partial charge in [-0.25, -0.2) is 0 Å². The number of halogens is 1. The Balaban J connectivity index is 1.67. The average molecular weight is 466 g/mol. The van der Waals surface area contributed by atoms with Gasteiger partial charge < -0.3 is 4.98 Å². The fourth-order valence-electron chi connectivity index (χ4n) is 3.63. The molecule has 0 bridgehead atoms.